The van der Waals surface area contributed by atoms with Gasteiger partial charge in [0, 0.05) is 32.7 Å². The second-order valence-electron chi connectivity index (χ2n) is 6.47. The number of ether oxygens (including phenoxy) is 1. The van der Waals surface area contributed by atoms with Crippen LogP contribution in [0.15, 0.2) is 30.3 Å². The molecule has 0 aromatic heterocycles. The zero-order chi connectivity index (χ0) is 17.0. The van der Waals surface area contributed by atoms with Gasteiger partial charge in [0.2, 0.25) is 5.91 Å². The molecule has 5 heteroatoms. The number of carbonyl (C=O) groups excluding carboxylic acids is 1. The molecule has 0 aliphatic carbocycles. The molecule has 1 aromatic rings. The first kappa shape index (κ1) is 18.7. The fourth-order valence-corrected chi connectivity index (χ4v) is 2.80. The van der Waals surface area contributed by atoms with Gasteiger partial charge in [0.1, 0.15) is 5.75 Å². The van der Waals surface area contributed by atoms with E-state index in [0.717, 1.165) is 18.7 Å². The summed E-state index contributed by atoms with van der Waals surface area (Å²) in [5.74, 6) is 0.888. The normalized spacial score (nSPS) is 16.0. The van der Waals surface area contributed by atoms with E-state index < -0.39 is 0 Å². The van der Waals surface area contributed by atoms with Crippen molar-refractivity contribution in [1.29, 1.82) is 0 Å². The van der Waals surface area contributed by atoms with Crippen molar-refractivity contribution in [3.63, 3.8) is 0 Å². The largest absolute Gasteiger partial charge is 0.493 e. The highest BCUT2D eigenvalue weighted by Crippen LogP contribution is 2.08. The van der Waals surface area contributed by atoms with Crippen molar-refractivity contribution in [1.82, 2.24) is 15.1 Å². The van der Waals surface area contributed by atoms with Crippen molar-refractivity contribution < 1.29 is 9.53 Å². The first-order valence-corrected chi connectivity index (χ1v) is 9.09. The van der Waals surface area contributed by atoms with Crippen LogP contribution in [0.4, 0.5) is 0 Å². The Labute approximate surface area is 146 Å². The quantitative estimate of drug-likeness (QED) is 0.665. The van der Waals surface area contributed by atoms with E-state index in [9.17, 15) is 4.79 Å². The lowest BCUT2D eigenvalue weighted by Crippen LogP contribution is -2.44. The summed E-state index contributed by atoms with van der Waals surface area (Å²) in [6, 6.07) is 9.61. The highest BCUT2D eigenvalue weighted by molar-refractivity contribution is 5.75. The van der Waals surface area contributed by atoms with E-state index in [-0.39, 0.29) is 5.91 Å². The number of unbranched alkanes of at least 4 members (excludes halogenated alkanes) is 2. The monoisotopic (exact) mass is 333 g/mol. The van der Waals surface area contributed by atoms with E-state index in [0.29, 0.717) is 13.0 Å². The molecule has 1 fully saturated rings. The molecule has 0 atom stereocenters. The molecular weight excluding hydrogens is 302 g/mol. The molecule has 1 aliphatic heterocycles. The van der Waals surface area contributed by atoms with Crippen molar-refractivity contribution in [2.75, 3.05) is 52.9 Å². The third kappa shape index (κ3) is 7.79. The molecule has 1 N–H and O–H groups in total. The van der Waals surface area contributed by atoms with Gasteiger partial charge in [-0.3, -0.25) is 4.79 Å². The van der Waals surface area contributed by atoms with Gasteiger partial charge in [0.25, 0.3) is 0 Å². The zero-order valence-electron chi connectivity index (χ0n) is 14.9. The molecule has 1 amide bonds. The third-order valence-corrected chi connectivity index (χ3v) is 4.41. The lowest BCUT2D eigenvalue weighted by atomic mass is 10.2. The number of carbonyl (C=O) groups is 1. The first-order chi connectivity index (χ1) is 11.7. The van der Waals surface area contributed by atoms with Crippen LogP contribution < -0.4 is 10.1 Å². The molecule has 1 aliphatic rings. The Bertz CT molecular complexity index is 459. The maximum absolute atomic E-state index is 11.7. The number of hydrogen-bond donors (Lipinski definition) is 1. The summed E-state index contributed by atoms with van der Waals surface area (Å²) >= 11 is 0. The van der Waals surface area contributed by atoms with Gasteiger partial charge in [-0.2, -0.15) is 0 Å². The molecule has 2 rings (SSSR count). The minimum atomic E-state index is 0.0741. The van der Waals surface area contributed by atoms with Crippen molar-refractivity contribution in [2.45, 2.75) is 25.7 Å². The Morgan fingerprint density at radius 1 is 1.08 bits per heavy atom. The average molecular weight is 333 g/mol. The number of benzene rings is 1. The molecule has 0 unspecified atom stereocenters. The number of nitrogens with one attached hydrogen (secondary N) is 1. The zero-order valence-corrected chi connectivity index (χ0v) is 14.9. The lowest BCUT2D eigenvalue weighted by Gasteiger charge is -2.32. The number of piperazine rings is 1. The number of amides is 1. The smallest absolute Gasteiger partial charge is 0.223 e. The minimum absolute atomic E-state index is 0.0741. The summed E-state index contributed by atoms with van der Waals surface area (Å²) in [7, 11) is 2.19. The Morgan fingerprint density at radius 3 is 2.58 bits per heavy atom. The number of rotatable bonds is 10. The number of hydrogen-bond acceptors (Lipinski definition) is 4. The average Bonchev–Trinajstić information content (AvgIpc) is 2.60. The molecule has 1 aromatic carbocycles. The van der Waals surface area contributed by atoms with E-state index in [4.69, 9.17) is 4.74 Å². The summed E-state index contributed by atoms with van der Waals surface area (Å²) in [5, 5.41) is 2.97. The van der Waals surface area contributed by atoms with Crippen LogP contribution in [0, 0.1) is 0 Å². The summed E-state index contributed by atoms with van der Waals surface area (Å²) in [6.45, 7) is 7.13. The first-order valence-electron chi connectivity index (χ1n) is 9.09. The Balaban J connectivity index is 1.41. The van der Waals surface area contributed by atoms with Gasteiger partial charge >= 0.3 is 0 Å². The van der Waals surface area contributed by atoms with E-state index in [1.807, 2.05) is 30.3 Å². The molecule has 0 bridgehead atoms. The fraction of sp³-hybridized carbons (Fsp3) is 0.632. The van der Waals surface area contributed by atoms with Crippen LogP contribution in [0.5, 0.6) is 5.75 Å². The van der Waals surface area contributed by atoms with Gasteiger partial charge in [-0.15, -0.1) is 0 Å². The molecular formula is C19H31N3O2. The van der Waals surface area contributed by atoms with E-state index in [1.54, 1.807) is 0 Å². The molecule has 134 valence electrons. The predicted molar refractivity (Wildman–Crippen MR) is 97.4 cm³/mol. The molecule has 1 saturated heterocycles. The van der Waals surface area contributed by atoms with Crippen LogP contribution in [-0.2, 0) is 4.79 Å². The Morgan fingerprint density at radius 2 is 1.83 bits per heavy atom. The Kier molecular flexibility index (Phi) is 8.63. The maximum atomic E-state index is 11.7. The van der Waals surface area contributed by atoms with Gasteiger partial charge in [-0.25, -0.2) is 0 Å². The van der Waals surface area contributed by atoms with Crippen molar-refractivity contribution in [2.24, 2.45) is 0 Å². The van der Waals surface area contributed by atoms with Crippen molar-refractivity contribution in [3.8, 4) is 5.75 Å². The highest BCUT2D eigenvalue weighted by atomic mass is 16.5. The molecule has 0 saturated carbocycles. The van der Waals surface area contributed by atoms with Crippen molar-refractivity contribution in [3.05, 3.63) is 30.3 Å². The Hall–Kier alpha value is -1.59. The van der Waals surface area contributed by atoms with Gasteiger partial charge in [0.05, 0.1) is 13.0 Å². The van der Waals surface area contributed by atoms with Crippen LogP contribution in [0.1, 0.15) is 25.7 Å². The number of para-hydroxylation sites is 1. The highest BCUT2D eigenvalue weighted by Gasteiger charge is 2.12. The summed E-state index contributed by atoms with van der Waals surface area (Å²) < 4.78 is 5.53. The lowest BCUT2D eigenvalue weighted by molar-refractivity contribution is -0.121. The number of nitrogens with zero attached hydrogens (tertiary/aromatic N) is 2. The van der Waals surface area contributed by atoms with E-state index in [1.165, 1.54) is 45.6 Å². The van der Waals surface area contributed by atoms with E-state index >= 15 is 0 Å². The third-order valence-electron chi connectivity index (χ3n) is 4.41. The molecule has 1 heterocycles. The molecule has 5 nitrogen and oxygen atoms in total. The topological polar surface area (TPSA) is 44.8 Å². The second kappa shape index (κ2) is 11.0. The van der Waals surface area contributed by atoms with Gasteiger partial charge in [-0.05, 0) is 38.6 Å². The van der Waals surface area contributed by atoms with Gasteiger partial charge < -0.3 is 19.9 Å². The van der Waals surface area contributed by atoms with Crippen LogP contribution in [0.2, 0.25) is 0 Å². The number of likely N-dealkylation sites (N-methyl/N-ethyl adjacent to an activating group) is 1. The van der Waals surface area contributed by atoms with Crippen molar-refractivity contribution >= 4 is 5.91 Å². The van der Waals surface area contributed by atoms with Gasteiger partial charge in [0.15, 0.2) is 0 Å². The summed E-state index contributed by atoms with van der Waals surface area (Å²) in [5.41, 5.74) is 0. The van der Waals surface area contributed by atoms with Crippen LogP contribution in [0.25, 0.3) is 0 Å². The predicted octanol–water partition coefficient (Wildman–Crippen LogP) is 1.99. The molecule has 0 radical (unpaired) electrons. The molecule has 24 heavy (non-hydrogen) atoms. The summed E-state index contributed by atoms with van der Waals surface area (Å²) in [4.78, 5) is 16.7. The van der Waals surface area contributed by atoms with Gasteiger partial charge in [-0.1, -0.05) is 24.6 Å². The maximum Gasteiger partial charge on any atom is 0.223 e. The molecule has 0 spiro atoms. The second-order valence-corrected chi connectivity index (χ2v) is 6.47. The van der Waals surface area contributed by atoms with Crippen LogP contribution >= 0.6 is 0 Å². The van der Waals surface area contributed by atoms with Crippen LogP contribution in [-0.4, -0.2) is 68.6 Å². The summed E-state index contributed by atoms with van der Waals surface area (Å²) in [6.07, 6.45) is 3.86. The van der Waals surface area contributed by atoms with E-state index in [2.05, 4.69) is 22.2 Å². The fourth-order valence-electron chi connectivity index (χ4n) is 2.80. The van der Waals surface area contributed by atoms with Crippen LogP contribution in [0.3, 0.4) is 0 Å². The standard InChI is InChI=1S/C19H31N3O2/c1-21-13-15-22(16-14-21)12-7-3-6-11-20-19(23)10-17-24-18-8-4-2-5-9-18/h2,4-5,8-9H,3,6-7,10-17H2,1H3,(H,20,23). The SMILES string of the molecule is CN1CCN(CCCCCNC(=O)CCOc2ccccc2)CC1. The minimum Gasteiger partial charge on any atom is -0.493 e.